The topological polar surface area (TPSA) is 60.8 Å². The third-order valence-electron chi connectivity index (χ3n) is 1.78. The molecule has 0 aromatic carbocycles. The summed E-state index contributed by atoms with van der Waals surface area (Å²) in [5, 5.41) is 7.73. The van der Waals surface area contributed by atoms with Gasteiger partial charge in [0.1, 0.15) is 0 Å². The third kappa shape index (κ3) is 2.02. The van der Waals surface area contributed by atoms with Crippen LogP contribution in [0.2, 0.25) is 5.28 Å². The molecule has 2 rings (SSSR count). The van der Waals surface area contributed by atoms with Crippen molar-refractivity contribution in [1.29, 1.82) is 0 Å². The van der Waals surface area contributed by atoms with Gasteiger partial charge in [0.15, 0.2) is 0 Å². The van der Waals surface area contributed by atoms with Gasteiger partial charge in [-0.3, -0.25) is 0 Å². The number of aromatic nitrogens is 4. The fourth-order valence-corrected chi connectivity index (χ4v) is 1.30. The van der Waals surface area contributed by atoms with Crippen LogP contribution in [0, 0.1) is 0 Å². The van der Waals surface area contributed by atoms with E-state index >= 15 is 0 Å². The van der Waals surface area contributed by atoms with Crippen LogP contribution < -0.4 is 4.74 Å². The Hall–Kier alpha value is -1.75. The molecular weight excluding hydrogens is 216 g/mol. The molecule has 6 heteroatoms. The minimum atomic E-state index is 0.186. The van der Waals surface area contributed by atoms with E-state index in [4.69, 9.17) is 16.3 Å². The van der Waals surface area contributed by atoms with Gasteiger partial charge in [0.25, 0.3) is 0 Å². The summed E-state index contributed by atoms with van der Waals surface area (Å²) in [6.45, 7) is 0. The van der Waals surface area contributed by atoms with Gasteiger partial charge in [-0.05, 0) is 23.7 Å². The van der Waals surface area contributed by atoms with Crippen molar-refractivity contribution in [2.24, 2.45) is 0 Å². The highest BCUT2D eigenvalue weighted by Crippen LogP contribution is 2.25. The van der Waals surface area contributed by atoms with Crippen molar-refractivity contribution in [3.8, 4) is 17.1 Å². The van der Waals surface area contributed by atoms with Gasteiger partial charge in [-0.2, -0.15) is 5.10 Å². The molecule has 0 saturated heterocycles. The van der Waals surface area contributed by atoms with E-state index in [0.717, 1.165) is 5.56 Å². The van der Waals surface area contributed by atoms with Gasteiger partial charge in [-0.15, -0.1) is 5.10 Å². The van der Waals surface area contributed by atoms with E-state index in [1.54, 1.807) is 24.5 Å². The molecule has 0 spiro atoms. The summed E-state index contributed by atoms with van der Waals surface area (Å²) in [4.78, 5) is 7.86. The second-order valence-corrected chi connectivity index (χ2v) is 3.00. The minimum absolute atomic E-state index is 0.186. The van der Waals surface area contributed by atoms with E-state index in [2.05, 4.69) is 20.2 Å². The van der Waals surface area contributed by atoms with Crippen molar-refractivity contribution >= 4 is 11.6 Å². The van der Waals surface area contributed by atoms with Crippen LogP contribution in [0.5, 0.6) is 5.88 Å². The Morgan fingerprint density at radius 3 is 2.87 bits per heavy atom. The summed E-state index contributed by atoms with van der Waals surface area (Å²) in [5.41, 5.74) is 1.39. The highest BCUT2D eigenvalue weighted by molar-refractivity contribution is 6.28. The zero-order chi connectivity index (χ0) is 10.7. The molecule has 0 saturated carbocycles. The highest BCUT2D eigenvalue weighted by Gasteiger charge is 2.08. The smallest absolute Gasteiger partial charge is 0.242 e. The molecule has 0 radical (unpaired) electrons. The molecule has 76 valence electrons. The summed E-state index contributed by atoms with van der Waals surface area (Å²) in [6.07, 6.45) is 3.14. The average Bonchev–Trinajstić information content (AvgIpc) is 2.29. The molecule has 0 aliphatic carbocycles. The Kier molecular flexibility index (Phi) is 2.73. The average molecular weight is 223 g/mol. The number of methoxy groups -OCH3 is 1. The van der Waals surface area contributed by atoms with Crippen LogP contribution >= 0.6 is 11.6 Å². The summed E-state index contributed by atoms with van der Waals surface area (Å²) in [5.74, 6) is 0.410. The first-order valence-electron chi connectivity index (χ1n) is 4.16. The molecule has 0 aliphatic rings. The van der Waals surface area contributed by atoms with Gasteiger partial charge in [0.05, 0.1) is 24.6 Å². The first-order valence-corrected chi connectivity index (χ1v) is 4.53. The van der Waals surface area contributed by atoms with Gasteiger partial charge in [-0.1, -0.05) is 0 Å². The van der Waals surface area contributed by atoms with Crippen LogP contribution in [0.4, 0.5) is 0 Å². The minimum Gasteiger partial charge on any atom is -0.479 e. The molecule has 5 nitrogen and oxygen atoms in total. The first-order chi connectivity index (χ1) is 7.31. The maximum atomic E-state index is 5.69. The molecule has 2 heterocycles. The zero-order valence-electron chi connectivity index (χ0n) is 7.88. The molecule has 15 heavy (non-hydrogen) atoms. The Morgan fingerprint density at radius 2 is 2.13 bits per heavy atom. The molecule has 2 aromatic heterocycles. The Balaban J connectivity index is 2.53. The lowest BCUT2D eigenvalue weighted by atomic mass is 10.2. The maximum Gasteiger partial charge on any atom is 0.242 e. The monoisotopic (exact) mass is 222 g/mol. The molecular formula is C9H7ClN4O. The van der Waals surface area contributed by atoms with Gasteiger partial charge in [-0.25, -0.2) is 9.97 Å². The predicted octanol–water partition coefficient (Wildman–Crippen LogP) is 1.60. The van der Waals surface area contributed by atoms with E-state index in [0.29, 0.717) is 11.6 Å². The lowest BCUT2D eigenvalue weighted by molar-refractivity contribution is 0.393. The quantitative estimate of drug-likeness (QED) is 0.723. The Bertz CT molecular complexity index is 477. The molecule has 0 atom stereocenters. The third-order valence-corrected chi connectivity index (χ3v) is 1.96. The van der Waals surface area contributed by atoms with Crippen LogP contribution in [0.3, 0.4) is 0 Å². The van der Waals surface area contributed by atoms with Crippen molar-refractivity contribution in [3.05, 3.63) is 29.8 Å². The SMILES string of the molecule is COc1nnccc1-c1ccnc(Cl)n1. The largest absolute Gasteiger partial charge is 0.479 e. The van der Waals surface area contributed by atoms with E-state index in [1.165, 1.54) is 7.11 Å². The second-order valence-electron chi connectivity index (χ2n) is 2.67. The Labute approximate surface area is 91.1 Å². The number of rotatable bonds is 2. The van der Waals surface area contributed by atoms with Gasteiger partial charge in [0, 0.05) is 6.20 Å². The van der Waals surface area contributed by atoms with Crippen molar-refractivity contribution in [2.45, 2.75) is 0 Å². The predicted molar refractivity (Wildman–Crippen MR) is 54.6 cm³/mol. The first kappa shape index (κ1) is 9.79. The fourth-order valence-electron chi connectivity index (χ4n) is 1.15. The lowest BCUT2D eigenvalue weighted by Crippen LogP contribution is -1.95. The van der Waals surface area contributed by atoms with Crippen LogP contribution in [0.15, 0.2) is 24.5 Å². The van der Waals surface area contributed by atoms with Crippen LogP contribution in [0.1, 0.15) is 0 Å². The van der Waals surface area contributed by atoms with E-state index in [9.17, 15) is 0 Å². The van der Waals surface area contributed by atoms with Crippen LogP contribution in [-0.4, -0.2) is 27.3 Å². The number of hydrogen-bond donors (Lipinski definition) is 0. The number of ether oxygens (including phenoxy) is 1. The van der Waals surface area contributed by atoms with E-state index < -0.39 is 0 Å². The van der Waals surface area contributed by atoms with Crippen molar-refractivity contribution in [2.75, 3.05) is 7.11 Å². The summed E-state index contributed by atoms with van der Waals surface area (Å²) in [6, 6.07) is 3.48. The van der Waals surface area contributed by atoms with Crippen LogP contribution in [0.25, 0.3) is 11.3 Å². The normalized spacial score (nSPS) is 10.0. The van der Waals surface area contributed by atoms with Gasteiger partial charge >= 0.3 is 0 Å². The van der Waals surface area contributed by atoms with E-state index in [1.807, 2.05) is 0 Å². The molecule has 0 bridgehead atoms. The summed E-state index contributed by atoms with van der Waals surface area (Å²) >= 11 is 5.69. The molecule has 0 aliphatic heterocycles. The number of hydrogen-bond acceptors (Lipinski definition) is 5. The summed E-state index contributed by atoms with van der Waals surface area (Å²) < 4.78 is 5.06. The standard InChI is InChI=1S/C9H7ClN4O/c1-15-8-6(2-5-12-14-8)7-3-4-11-9(10)13-7/h2-5H,1H3. The molecule has 0 fully saturated rings. The molecule has 0 unspecified atom stereocenters. The van der Waals surface area contributed by atoms with Crippen LogP contribution in [-0.2, 0) is 0 Å². The molecule has 2 aromatic rings. The van der Waals surface area contributed by atoms with Crippen molar-refractivity contribution < 1.29 is 4.74 Å². The second kappa shape index (κ2) is 4.18. The van der Waals surface area contributed by atoms with Gasteiger partial charge < -0.3 is 4.74 Å². The van der Waals surface area contributed by atoms with E-state index in [-0.39, 0.29) is 5.28 Å². The number of halogens is 1. The molecule has 0 amide bonds. The zero-order valence-corrected chi connectivity index (χ0v) is 8.64. The number of nitrogens with zero attached hydrogens (tertiary/aromatic N) is 4. The maximum absolute atomic E-state index is 5.69. The lowest BCUT2D eigenvalue weighted by Gasteiger charge is -2.04. The fraction of sp³-hybridized carbons (Fsp3) is 0.111. The van der Waals surface area contributed by atoms with Gasteiger partial charge in [0.2, 0.25) is 11.2 Å². The Morgan fingerprint density at radius 1 is 1.27 bits per heavy atom. The van der Waals surface area contributed by atoms with Crippen molar-refractivity contribution in [1.82, 2.24) is 20.2 Å². The molecule has 0 N–H and O–H groups in total. The van der Waals surface area contributed by atoms with Crippen molar-refractivity contribution in [3.63, 3.8) is 0 Å². The summed E-state index contributed by atoms with van der Waals surface area (Å²) in [7, 11) is 1.52. The highest BCUT2D eigenvalue weighted by atomic mass is 35.5.